The molecule has 3 atom stereocenters. The van der Waals surface area contributed by atoms with E-state index in [0.29, 0.717) is 94.6 Å². The number of allylic oxidation sites excluding steroid dienone is 2. The van der Waals surface area contributed by atoms with E-state index in [9.17, 15) is 36.3 Å². The molecule has 1 aliphatic heterocycles. The van der Waals surface area contributed by atoms with Crippen molar-refractivity contribution in [2.45, 2.75) is 138 Å². The Morgan fingerprint density at radius 3 is 2.01 bits per heavy atom. The second-order valence-electron chi connectivity index (χ2n) is 25.5. The van der Waals surface area contributed by atoms with Gasteiger partial charge >= 0.3 is 10.4 Å². The van der Waals surface area contributed by atoms with Crippen molar-refractivity contribution in [3.8, 4) is 28.7 Å². The number of aliphatic hydroxyl groups is 1. The van der Waals surface area contributed by atoms with Crippen LogP contribution in [0.3, 0.4) is 0 Å². The van der Waals surface area contributed by atoms with Gasteiger partial charge in [-0.25, -0.2) is 8.42 Å². The highest BCUT2D eigenvalue weighted by molar-refractivity contribution is 7.91. The van der Waals surface area contributed by atoms with Crippen molar-refractivity contribution in [2.24, 2.45) is 27.6 Å². The van der Waals surface area contributed by atoms with Crippen molar-refractivity contribution < 1.29 is 77.8 Å². The number of sulfone groups is 1. The van der Waals surface area contributed by atoms with Gasteiger partial charge in [0, 0.05) is 82.5 Å². The molecule has 480 valence electrons. The summed E-state index contributed by atoms with van der Waals surface area (Å²) in [4.78, 5) is 40.1. The third kappa shape index (κ3) is 22.0. The molecule has 1 fully saturated rings. The monoisotopic (exact) mass is 1250 g/mol. The van der Waals surface area contributed by atoms with Crippen molar-refractivity contribution in [1.29, 1.82) is 0 Å². The zero-order valence-electron chi connectivity index (χ0n) is 52.4. The second kappa shape index (κ2) is 30.7. The molecule has 22 nitrogen and oxygen atoms in total. The van der Waals surface area contributed by atoms with Crippen LogP contribution in [0.5, 0.6) is 28.7 Å². The standard InChI is InChI=1S/C63H89N5O17S2/c1-13-16-50-54(77-11)31-48(32-55(50)78-12)84-87(75,76)85-56-30-46(22-25-53(56)83-59-52(70)19-15-27-82-59)58(72)65-36-60(3,4)38-80-40-62(7,8)37-68-33-47(66-67-68)34-79-41-63(9,10)42-81-39-61(5,6)35-64-57(71)45-18-14-17-44(29-45)51(69)26-28-86(73,74)49-23-20-43(2)21-24-49/h14,18,20-25,29-33,44,52,59,70H,13,15-17,19,26-28,34-42H2,1-12H3,(H,64,71)(H,65,72)/t44?,52-,59?/m1/s1. The number of amides is 2. The van der Waals surface area contributed by atoms with Crippen LogP contribution < -0.4 is 33.2 Å². The SMILES string of the molecule is CCCc1c(OC)cc(OS(=O)(=O)Oc2cc(C(=O)NCC(C)(C)COCC(C)(C)Cn3cc(COCC(C)(C)COCC(C)(C)CNC(=O)C4=CC(C(=O)CCS(=O)(=O)c5ccc(C)cc5)CC=C4)nn3)ccc2OC2OCCC[C@H]2O)cc1OC. The number of carbonyl (C=O) groups is 3. The van der Waals surface area contributed by atoms with Gasteiger partial charge < -0.3 is 57.3 Å². The number of Topliss-reactive ketones (excluding diaryl/α,β-unsaturated/α-hetero) is 1. The lowest BCUT2D eigenvalue weighted by molar-refractivity contribution is -0.170. The smallest absolute Gasteiger partial charge is 0.496 e. The normalized spacial score (nSPS) is 16.8. The number of aryl methyl sites for hydroxylation is 1. The summed E-state index contributed by atoms with van der Waals surface area (Å²) in [6, 6.07) is 13.4. The van der Waals surface area contributed by atoms with Crippen LogP contribution in [0.1, 0.15) is 122 Å². The predicted octanol–water partition coefficient (Wildman–Crippen LogP) is 8.27. The lowest BCUT2D eigenvalue weighted by Crippen LogP contribution is -2.38. The molecule has 0 bridgehead atoms. The molecule has 1 aliphatic carbocycles. The summed E-state index contributed by atoms with van der Waals surface area (Å²) in [5, 5.41) is 25.1. The van der Waals surface area contributed by atoms with Gasteiger partial charge in [0.25, 0.3) is 11.8 Å². The zero-order valence-corrected chi connectivity index (χ0v) is 54.0. The first-order valence-electron chi connectivity index (χ1n) is 29.3. The number of ether oxygens (including phenoxy) is 7. The van der Waals surface area contributed by atoms with Crippen molar-refractivity contribution in [3.63, 3.8) is 0 Å². The Morgan fingerprint density at radius 1 is 0.759 bits per heavy atom. The summed E-state index contributed by atoms with van der Waals surface area (Å²) in [5.74, 6) is -1.86. The van der Waals surface area contributed by atoms with E-state index < -0.39 is 55.3 Å². The number of aliphatic hydroxyl groups excluding tert-OH is 1. The summed E-state index contributed by atoms with van der Waals surface area (Å²) >= 11 is 0. The number of carbonyl (C=O) groups excluding carboxylic acids is 3. The maximum absolute atomic E-state index is 13.7. The van der Waals surface area contributed by atoms with E-state index in [-0.39, 0.29) is 82.2 Å². The van der Waals surface area contributed by atoms with E-state index in [1.54, 1.807) is 47.2 Å². The summed E-state index contributed by atoms with van der Waals surface area (Å²) in [5.41, 5.74) is 1.07. The Morgan fingerprint density at radius 2 is 1.38 bits per heavy atom. The number of rotatable bonds is 35. The molecule has 24 heteroatoms. The molecule has 2 aliphatic rings. The minimum atomic E-state index is -4.87. The summed E-state index contributed by atoms with van der Waals surface area (Å²) < 4.78 is 106. The number of ketones is 1. The quantitative estimate of drug-likeness (QED) is 0.0391. The average molecular weight is 1250 g/mol. The Balaban J connectivity index is 0.912. The number of benzene rings is 3. The van der Waals surface area contributed by atoms with Crippen molar-refractivity contribution in [3.05, 3.63) is 107 Å². The van der Waals surface area contributed by atoms with Gasteiger partial charge in [-0.15, -0.1) is 13.5 Å². The second-order valence-corrected chi connectivity index (χ2v) is 28.7. The molecule has 87 heavy (non-hydrogen) atoms. The third-order valence-corrected chi connectivity index (χ3v) is 16.8. The Hall–Kier alpha value is -6.41. The topological polar surface area (TPSA) is 278 Å². The Bertz CT molecular complexity index is 3240. The Labute approximate surface area is 513 Å². The van der Waals surface area contributed by atoms with Gasteiger partial charge in [0.2, 0.25) is 6.29 Å². The summed E-state index contributed by atoms with van der Waals surface area (Å²) in [6.45, 7) is 23.2. The average Bonchev–Trinajstić information content (AvgIpc) is 3.61. The number of hydrogen-bond donors (Lipinski definition) is 3. The number of methoxy groups -OCH3 is 2. The fraction of sp³-hybridized carbons (Fsp3) is 0.571. The van der Waals surface area contributed by atoms with Crippen LogP contribution in [0.2, 0.25) is 0 Å². The first kappa shape index (κ1) is 69.7. The summed E-state index contributed by atoms with van der Waals surface area (Å²) in [6.07, 6.45) is 7.45. The van der Waals surface area contributed by atoms with Gasteiger partial charge in [0.15, 0.2) is 27.1 Å². The van der Waals surface area contributed by atoms with Crippen LogP contribution in [0.4, 0.5) is 0 Å². The van der Waals surface area contributed by atoms with E-state index in [1.807, 2.05) is 75.4 Å². The van der Waals surface area contributed by atoms with Gasteiger partial charge in [-0.1, -0.05) is 110 Å². The van der Waals surface area contributed by atoms with Gasteiger partial charge in [-0.05, 0) is 62.9 Å². The van der Waals surface area contributed by atoms with Crippen LogP contribution >= 0.6 is 0 Å². The maximum atomic E-state index is 13.7. The fourth-order valence-electron chi connectivity index (χ4n) is 9.47. The first-order valence-corrected chi connectivity index (χ1v) is 32.3. The van der Waals surface area contributed by atoms with Crippen molar-refractivity contribution in [1.82, 2.24) is 25.6 Å². The molecule has 1 saturated heterocycles. The molecule has 0 saturated carbocycles. The highest BCUT2D eigenvalue weighted by Gasteiger charge is 2.32. The minimum absolute atomic E-state index is 0.0557. The predicted molar refractivity (Wildman–Crippen MR) is 326 cm³/mol. The van der Waals surface area contributed by atoms with E-state index in [2.05, 4.69) is 20.9 Å². The lowest BCUT2D eigenvalue weighted by atomic mass is 9.90. The van der Waals surface area contributed by atoms with E-state index >= 15 is 0 Å². The van der Waals surface area contributed by atoms with Crippen molar-refractivity contribution in [2.75, 3.05) is 72.7 Å². The molecular formula is C63H89N5O17S2. The van der Waals surface area contributed by atoms with Gasteiger partial charge in [-0.2, -0.15) is 0 Å². The van der Waals surface area contributed by atoms with Crippen LogP contribution in [-0.4, -0.2) is 140 Å². The largest absolute Gasteiger partial charge is 0.501 e. The molecule has 3 aromatic carbocycles. The van der Waals surface area contributed by atoms with Crippen LogP contribution in [0.25, 0.3) is 0 Å². The summed E-state index contributed by atoms with van der Waals surface area (Å²) in [7, 11) is -5.59. The number of aromatic nitrogens is 3. The fourth-order valence-corrected chi connectivity index (χ4v) is 11.4. The zero-order chi connectivity index (χ0) is 63.8. The lowest BCUT2D eigenvalue weighted by Gasteiger charge is -2.29. The van der Waals surface area contributed by atoms with Gasteiger partial charge in [0.1, 0.15) is 29.1 Å². The highest BCUT2D eigenvalue weighted by Crippen LogP contribution is 2.38. The van der Waals surface area contributed by atoms with E-state index in [1.165, 1.54) is 44.6 Å². The van der Waals surface area contributed by atoms with Gasteiger partial charge in [-0.3, -0.25) is 19.1 Å². The number of nitrogens with one attached hydrogen (secondary N) is 2. The Kier molecular flexibility index (Phi) is 24.6. The highest BCUT2D eigenvalue weighted by atomic mass is 32.3. The van der Waals surface area contributed by atoms with Crippen molar-refractivity contribution >= 4 is 37.8 Å². The van der Waals surface area contributed by atoms with Crippen LogP contribution in [-0.2, 0) is 68.3 Å². The first-order chi connectivity index (χ1) is 40.9. The maximum Gasteiger partial charge on any atom is 0.501 e. The van der Waals surface area contributed by atoms with Crippen LogP contribution in [0, 0.1) is 34.5 Å². The molecule has 2 heterocycles. The molecule has 0 radical (unpaired) electrons. The molecular weight excluding hydrogens is 1160 g/mol. The number of nitrogens with zero attached hydrogens (tertiary/aromatic N) is 3. The molecule has 3 N–H and O–H groups in total. The molecule has 6 rings (SSSR count). The van der Waals surface area contributed by atoms with Gasteiger partial charge in [0.05, 0.1) is 77.3 Å². The molecule has 1 aromatic heterocycles. The van der Waals surface area contributed by atoms with E-state index in [0.717, 1.165) is 17.5 Å². The molecule has 2 amide bonds. The number of hydrogen-bond acceptors (Lipinski definition) is 19. The molecule has 4 aromatic rings. The molecule has 2 unspecified atom stereocenters. The minimum Gasteiger partial charge on any atom is -0.496 e. The van der Waals surface area contributed by atoms with E-state index in [4.69, 9.17) is 41.5 Å². The molecule has 0 spiro atoms. The third-order valence-electron chi connectivity index (χ3n) is 14.2. The van der Waals surface area contributed by atoms with Crippen LogP contribution in [0.15, 0.2) is 89.5 Å².